The van der Waals surface area contributed by atoms with Gasteiger partial charge in [-0.3, -0.25) is 4.79 Å². The molecule has 5 heteroatoms. The average Bonchev–Trinajstić information content (AvgIpc) is 2.75. The Bertz CT molecular complexity index is 737. The number of ether oxygens (including phenoxy) is 1. The lowest BCUT2D eigenvalue weighted by Crippen LogP contribution is -2.29. The normalized spacial score (nSPS) is 27.8. The zero-order valence-corrected chi connectivity index (χ0v) is 16.8. The minimum absolute atomic E-state index is 0.00369. The van der Waals surface area contributed by atoms with Crippen LogP contribution in [-0.4, -0.2) is 12.1 Å². The van der Waals surface area contributed by atoms with Crippen LogP contribution in [0.25, 0.3) is 0 Å². The van der Waals surface area contributed by atoms with E-state index in [4.69, 9.17) is 10.00 Å². The van der Waals surface area contributed by atoms with Crippen LogP contribution < -0.4 is 0 Å². The van der Waals surface area contributed by atoms with Gasteiger partial charge in [-0.05, 0) is 99.8 Å². The van der Waals surface area contributed by atoms with Crippen LogP contribution in [0.15, 0.2) is 36.2 Å². The molecule has 3 rings (SSSR count). The van der Waals surface area contributed by atoms with E-state index in [1.165, 1.54) is 29.8 Å². The molecule has 0 heterocycles. The van der Waals surface area contributed by atoms with Crippen molar-refractivity contribution in [1.29, 1.82) is 5.26 Å². The number of rotatable bonds is 6. The lowest BCUT2D eigenvalue weighted by atomic mass is 9.79. The molecule has 0 bridgehead atoms. The standard InChI is InChI=1S/C24H29F2NO2/c25-21-12-8-18(9-13-21)19-10-14-23(15-11-19)29-24(28)20-6-4-17(5-7-20)2-1-3-22(26)16-27/h3,8-9,12-13,17,19-20,23H,1-2,4-7,10-11,14-15H2/b22-3+. The van der Waals surface area contributed by atoms with Crippen molar-refractivity contribution >= 4 is 5.97 Å². The molecule has 3 nitrogen and oxygen atoms in total. The number of nitrogens with zero attached hydrogens (tertiary/aromatic N) is 1. The molecule has 0 unspecified atom stereocenters. The largest absolute Gasteiger partial charge is 0.462 e. The third-order valence-electron chi connectivity index (χ3n) is 6.48. The van der Waals surface area contributed by atoms with Crippen LogP contribution in [0.3, 0.4) is 0 Å². The van der Waals surface area contributed by atoms with Crippen molar-refractivity contribution in [2.45, 2.75) is 76.2 Å². The van der Waals surface area contributed by atoms with Gasteiger partial charge in [0.1, 0.15) is 18.0 Å². The molecule has 2 aliphatic carbocycles. The number of esters is 1. The van der Waals surface area contributed by atoms with Crippen LogP contribution in [0.4, 0.5) is 8.78 Å². The molecule has 156 valence electrons. The van der Waals surface area contributed by atoms with Crippen molar-refractivity contribution in [3.8, 4) is 6.07 Å². The van der Waals surface area contributed by atoms with Crippen molar-refractivity contribution < 1.29 is 18.3 Å². The van der Waals surface area contributed by atoms with Gasteiger partial charge in [-0.1, -0.05) is 12.1 Å². The van der Waals surface area contributed by atoms with E-state index in [2.05, 4.69) is 0 Å². The maximum Gasteiger partial charge on any atom is 0.309 e. The number of halogens is 2. The van der Waals surface area contributed by atoms with Crippen LogP contribution in [-0.2, 0) is 9.53 Å². The molecule has 0 atom stereocenters. The average molecular weight is 401 g/mol. The predicted molar refractivity (Wildman–Crippen MR) is 107 cm³/mol. The van der Waals surface area contributed by atoms with Gasteiger partial charge in [0, 0.05) is 0 Å². The Hall–Kier alpha value is -2.22. The van der Waals surface area contributed by atoms with Crippen molar-refractivity contribution in [2.75, 3.05) is 0 Å². The second kappa shape index (κ2) is 10.5. The summed E-state index contributed by atoms with van der Waals surface area (Å²) >= 11 is 0. The molecular weight excluding hydrogens is 372 g/mol. The number of hydrogen-bond donors (Lipinski definition) is 0. The number of carbonyl (C=O) groups excluding carboxylic acids is 1. The first-order valence-electron chi connectivity index (χ1n) is 10.8. The highest BCUT2D eigenvalue weighted by Gasteiger charge is 2.30. The van der Waals surface area contributed by atoms with E-state index in [1.807, 2.05) is 12.1 Å². The van der Waals surface area contributed by atoms with Gasteiger partial charge in [-0.2, -0.15) is 9.65 Å². The van der Waals surface area contributed by atoms with E-state index >= 15 is 0 Å². The molecular formula is C24H29F2NO2. The summed E-state index contributed by atoms with van der Waals surface area (Å²) in [5, 5.41) is 8.43. The first-order valence-corrected chi connectivity index (χ1v) is 10.8. The first kappa shape index (κ1) is 21.5. The number of nitriles is 1. The summed E-state index contributed by atoms with van der Waals surface area (Å²) in [6, 6.07) is 8.22. The lowest BCUT2D eigenvalue weighted by Gasteiger charge is -2.31. The molecule has 2 aliphatic rings. The highest BCUT2D eigenvalue weighted by Crippen LogP contribution is 2.36. The van der Waals surface area contributed by atoms with Gasteiger partial charge in [0.05, 0.1) is 5.92 Å². The monoisotopic (exact) mass is 401 g/mol. The van der Waals surface area contributed by atoms with E-state index in [0.717, 1.165) is 57.8 Å². The Kier molecular flexibility index (Phi) is 7.80. The molecule has 0 aromatic heterocycles. The highest BCUT2D eigenvalue weighted by molar-refractivity contribution is 5.72. The fourth-order valence-electron chi connectivity index (χ4n) is 4.69. The molecule has 1 aromatic carbocycles. The summed E-state index contributed by atoms with van der Waals surface area (Å²) in [5.74, 6) is -0.0984. The van der Waals surface area contributed by atoms with Gasteiger partial charge in [0.2, 0.25) is 0 Å². The maximum atomic E-state index is 13.1. The van der Waals surface area contributed by atoms with Crippen LogP contribution in [0.5, 0.6) is 0 Å². The van der Waals surface area contributed by atoms with E-state index in [9.17, 15) is 13.6 Å². The minimum Gasteiger partial charge on any atom is -0.462 e. The summed E-state index contributed by atoms with van der Waals surface area (Å²) in [6.07, 6.45) is 10.0. The first-order chi connectivity index (χ1) is 14.0. The Labute approximate surface area is 171 Å². The van der Waals surface area contributed by atoms with Gasteiger partial charge >= 0.3 is 5.97 Å². The van der Waals surface area contributed by atoms with E-state index < -0.39 is 5.83 Å². The van der Waals surface area contributed by atoms with Crippen molar-refractivity contribution in [3.63, 3.8) is 0 Å². The van der Waals surface area contributed by atoms with Crippen molar-refractivity contribution in [3.05, 3.63) is 47.5 Å². The lowest BCUT2D eigenvalue weighted by molar-refractivity contribution is -0.157. The molecule has 0 radical (unpaired) electrons. The zero-order chi connectivity index (χ0) is 20.6. The molecule has 0 amide bonds. The maximum absolute atomic E-state index is 13.1. The molecule has 2 fully saturated rings. The van der Waals surface area contributed by atoms with Crippen LogP contribution in [0.2, 0.25) is 0 Å². The van der Waals surface area contributed by atoms with Gasteiger partial charge in [0.15, 0.2) is 5.83 Å². The number of allylic oxidation sites excluding steroid dienone is 2. The number of hydrogen-bond acceptors (Lipinski definition) is 3. The number of carbonyl (C=O) groups is 1. The Morgan fingerprint density at radius 2 is 1.72 bits per heavy atom. The summed E-state index contributed by atoms with van der Waals surface area (Å²) in [7, 11) is 0. The molecule has 0 saturated heterocycles. The second-order valence-corrected chi connectivity index (χ2v) is 8.42. The molecule has 29 heavy (non-hydrogen) atoms. The van der Waals surface area contributed by atoms with Crippen LogP contribution >= 0.6 is 0 Å². The van der Waals surface area contributed by atoms with E-state index in [1.54, 1.807) is 0 Å². The summed E-state index contributed by atoms with van der Waals surface area (Å²) in [5.41, 5.74) is 1.17. The smallest absolute Gasteiger partial charge is 0.309 e. The molecule has 2 saturated carbocycles. The summed E-state index contributed by atoms with van der Waals surface area (Å²) in [4.78, 5) is 12.5. The summed E-state index contributed by atoms with van der Waals surface area (Å²) < 4.78 is 31.7. The highest BCUT2D eigenvalue weighted by atomic mass is 19.1. The zero-order valence-electron chi connectivity index (χ0n) is 16.8. The van der Waals surface area contributed by atoms with Gasteiger partial charge < -0.3 is 4.74 Å². The van der Waals surface area contributed by atoms with Gasteiger partial charge in [-0.15, -0.1) is 0 Å². The Morgan fingerprint density at radius 3 is 2.34 bits per heavy atom. The van der Waals surface area contributed by atoms with Crippen molar-refractivity contribution in [2.24, 2.45) is 11.8 Å². The SMILES string of the molecule is N#C/C(F)=C\CCC1CCC(C(=O)OC2CCC(c3ccc(F)cc3)CC2)CC1. The third-order valence-corrected chi connectivity index (χ3v) is 6.48. The van der Waals surface area contributed by atoms with Crippen molar-refractivity contribution in [1.82, 2.24) is 0 Å². The summed E-state index contributed by atoms with van der Waals surface area (Å²) in [6.45, 7) is 0. The Morgan fingerprint density at radius 1 is 1.07 bits per heavy atom. The number of benzene rings is 1. The fraction of sp³-hybridized carbons (Fsp3) is 0.583. The van der Waals surface area contributed by atoms with Crippen LogP contribution in [0, 0.1) is 29.0 Å². The third kappa shape index (κ3) is 6.39. The fourth-order valence-corrected chi connectivity index (χ4v) is 4.69. The predicted octanol–water partition coefficient (Wildman–Crippen LogP) is 6.36. The quantitative estimate of drug-likeness (QED) is 0.412. The minimum atomic E-state index is -0.712. The van der Waals surface area contributed by atoms with Gasteiger partial charge in [0.25, 0.3) is 0 Å². The van der Waals surface area contributed by atoms with E-state index in [0.29, 0.717) is 18.3 Å². The molecule has 0 N–H and O–H groups in total. The molecule has 0 spiro atoms. The molecule has 1 aromatic rings. The second-order valence-electron chi connectivity index (χ2n) is 8.42. The van der Waals surface area contributed by atoms with E-state index in [-0.39, 0.29) is 23.8 Å². The molecule has 0 aliphatic heterocycles. The van der Waals surface area contributed by atoms with Crippen LogP contribution in [0.1, 0.15) is 75.7 Å². The van der Waals surface area contributed by atoms with Gasteiger partial charge in [-0.25, -0.2) is 4.39 Å². The Balaban J connectivity index is 1.36. The topological polar surface area (TPSA) is 50.1 Å².